The molecule has 1 aromatic carbocycles. The maximum atomic E-state index is 12.6. The molecule has 0 amide bonds. The van der Waals surface area contributed by atoms with E-state index in [1.165, 1.54) is 0 Å². The van der Waals surface area contributed by atoms with Gasteiger partial charge in [0.25, 0.3) is 0 Å². The van der Waals surface area contributed by atoms with Crippen LogP contribution in [-0.4, -0.2) is 23.7 Å². The Balaban J connectivity index is 1.92. The maximum Gasteiger partial charge on any atom is 0.227 e. The van der Waals surface area contributed by atoms with Gasteiger partial charge in [0.1, 0.15) is 11.5 Å². The number of hydrogen-bond acceptors (Lipinski definition) is 5. The number of rotatable bonds is 1. The first-order chi connectivity index (χ1) is 12.2. The Morgan fingerprint density at radius 1 is 1.04 bits per heavy atom. The Labute approximate surface area is 144 Å². The molecular formula is C20H17NO4. The number of aryl methyl sites for hydroxylation is 1. The van der Waals surface area contributed by atoms with Gasteiger partial charge in [-0.2, -0.15) is 0 Å². The van der Waals surface area contributed by atoms with Gasteiger partial charge in [-0.1, -0.05) is 0 Å². The second-order valence-electron chi connectivity index (χ2n) is 6.79. The number of aromatic nitrogens is 1. The number of allylic oxidation sites excluding steroid dienone is 2. The van der Waals surface area contributed by atoms with E-state index < -0.39 is 0 Å². The molecule has 1 aliphatic heterocycles. The molecule has 0 saturated heterocycles. The molecule has 5 nitrogen and oxygen atoms in total. The molecule has 2 aromatic rings. The third kappa shape index (κ3) is 1.98. The smallest absolute Gasteiger partial charge is 0.227 e. The fraction of sp³-hybridized carbons (Fsp3) is 0.350. The molecule has 5 heteroatoms. The van der Waals surface area contributed by atoms with Gasteiger partial charge >= 0.3 is 0 Å². The summed E-state index contributed by atoms with van der Waals surface area (Å²) in [6.45, 7) is 0. The van der Waals surface area contributed by atoms with Crippen LogP contribution in [0, 0.1) is 0 Å². The average molecular weight is 335 g/mol. The topological polar surface area (TPSA) is 65.5 Å². The van der Waals surface area contributed by atoms with E-state index in [9.17, 15) is 9.59 Å². The average Bonchev–Trinajstić information content (AvgIpc) is 2.61. The number of benzene rings is 1. The molecule has 0 fully saturated rings. The summed E-state index contributed by atoms with van der Waals surface area (Å²) in [5, 5.41) is 1.56. The second-order valence-corrected chi connectivity index (χ2v) is 6.79. The molecule has 0 saturated carbocycles. The molecule has 2 heterocycles. The minimum absolute atomic E-state index is 0.0884. The van der Waals surface area contributed by atoms with Crippen LogP contribution in [0.1, 0.15) is 53.7 Å². The van der Waals surface area contributed by atoms with Crippen molar-refractivity contribution in [2.45, 2.75) is 38.5 Å². The SMILES string of the molecule is COc1cc2c3c(nc4c(c3c1)C(=O)CCC4)OC1=C2C(=O)CCC1. The van der Waals surface area contributed by atoms with Crippen LogP contribution in [0.5, 0.6) is 11.6 Å². The van der Waals surface area contributed by atoms with Gasteiger partial charge in [0.2, 0.25) is 5.88 Å². The molecule has 3 aliphatic rings. The van der Waals surface area contributed by atoms with Gasteiger partial charge in [-0.25, -0.2) is 4.98 Å². The minimum atomic E-state index is 0.0884. The summed E-state index contributed by atoms with van der Waals surface area (Å²) in [6.07, 6.45) is 4.16. The molecule has 126 valence electrons. The lowest BCUT2D eigenvalue weighted by Gasteiger charge is -2.28. The Morgan fingerprint density at radius 2 is 1.84 bits per heavy atom. The van der Waals surface area contributed by atoms with Gasteiger partial charge in [0, 0.05) is 35.8 Å². The first kappa shape index (κ1) is 14.6. The molecule has 0 spiro atoms. The first-order valence-electron chi connectivity index (χ1n) is 8.69. The fourth-order valence-electron chi connectivity index (χ4n) is 4.19. The molecule has 0 atom stereocenters. The van der Waals surface area contributed by atoms with E-state index in [4.69, 9.17) is 9.47 Å². The summed E-state index contributed by atoms with van der Waals surface area (Å²) >= 11 is 0. The molecule has 0 radical (unpaired) electrons. The van der Waals surface area contributed by atoms with E-state index in [0.29, 0.717) is 41.4 Å². The number of fused-ring (bicyclic) bond motifs is 3. The Hall–Kier alpha value is -2.69. The second kappa shape index (κ2) is 5.15. The van der Waals surface area contributed by atoms with Crippen molar-refractivity contribution in [1.29, 1.82) is 0 Å². The minimum Gasteiger partial charge on any atom is -0.497 e. The summed E-state index contributed by atoms with van der Waals surface area (Å²) < 4.78 is 11.5. The van der Waals surface area contributed by atoms with Gasteiger partial charge in [0.05, 0.1) is 23.8 Å². The van der Waals surface area contributed by atoms with Crippen molar-refractivity contribution in [1.82, 2.24) is 4.98 Å². The number of carbonyl (C=O) groups is 2. The van der Waals surface area contributed by atoms with Crippen molar-refractivity contribution in [2.24, 2.45) is 0 Å². The number of ether oxygens (including phenoxy) is 2. The molecule has 0 unspecified atom stereocenters. The van der Waals surface area contributed by atoms with Crippen LogP contribution < -0.4 is 9.47 Å². The van der Waals surface area contributed by atoms with Gasteiger partial charge in [0.15, 0.2) is 11.6 Å². The van der Waals surface area contributed by atoms with Crippen LogP contribution in [0.15, 0.2) is 17.9 Å². The van der Waals surface area contributed by atoms with Gasteiger partial charge in [-0.15, -0.1) is 0 Å². The zero-order chi connectivity index (χ0) is 17.1. The van der Waals surface area contributed by atoms with E-state index >= 15 is 0 Å². The predicted octanol–water partition coefficient (Wildman–Crippen LogP) is 3.62. The number of nitrogens with zero attached hydrogens (tertiary/aromatic N) is 1. The number of methoxy groups -OCH3 is 1. The molecule has 25 heavy (non-hydrogen) atoms. The van der Waals surface area contributed by atoms with Gasteiger partial charge in [-0.3, -0.25) is 9.59 Å². The zero-order valence-corrected chi connectivity index (χ0v) is 14.0. The van der Waals surface area contributed by atoms with E-state index in [1.807, 2.05) is 12.1 Å². The van der Waals surface area contributed by atoms with Crippen LogP contribution in [0.2, 0.25) is 0 Å². The molecule has 0 N–H and O–H groups in total. The van der Waals surface area contributed by atoms with Gasteiger partial charge in [-0.05, 0) is 31.4 Å². The lowest BCUT2D eigenvalue weighted by molar-refractivity contribution is -0.114. The quantitative estimate of drug-likeness (QED) is 0.796. The fourth-order valence-corrected chi connectivity index (χ4v) is 4.19. The molecule has 2 aliphatic carbocycles. The van der Waals surface area contributed by atoms with Crippen molar-refractivity contribution >= 4 is 27.9 Å². The highest BCUT2D eigenvalue weighted by Crippen LogP contribution is 2.46. The molecule has 5 rings (SSSR count). The van der Waals surface area contributed by atoms with E-state index in [2.05, 4.69) is 4.98 Å². The highest BCUT2D eigenvalue weighted by atomic mass is 16.5. The predicted molar refractivity (Wildman–Crippen MR) is 92.0 cm³/mol. The lowest BCUT2D eigenvalue weighted by atomic mass is 9.84. The van der Waals surface area contributed by atoms with Crippen LogP contribution in [0.4, 0.5) is 0 Å². The van der Waals surface area contributed by atoms with Crippen molar-refractivity contribution < 1.29 is 19.1 Å². The van der Waals surface area contributed by atoms with Crippen LogP contribution >= 0.6 is 0 Å². The van der Waals surface area contributed by atoms with E-state index in [1.54, 1.807) is 7.11 Å². The summed E-state index contributed by atoms with van der Waals surface area (Å²) in [5.41, 5.74) is 2.89. The largest absolute Gasteiger partial charge is 0.497 e. The summed E-state index contributed by atoms with van der Waals surface area (Å²) in [4.78, 5) is 29.8. The van der Waals surface area contributed by atoms with E-state index in [0.717, 1.165) is 47.7 Å². The third-order valence-corrected chi connectivity index (χ3v) is 5.31. The Morgan fingerprint density at radius 3 is 2.68 bits per heavy atom. The molecule has 0 bridgehead atoms. The highest BCUT2D eigenvalue weighted by molar-refractivity contribution is 6.27. The van der Waals surface area contributed by atoms with Crippen molar-refractivity contribution in [3.8, 4) is 11.6 Å². The van der Waals surface area contributed by atoms with Crippen LogP contribution in [-0.2, 0) is 11.2 Å². The summed E-state index contributed by atoms with van der Waals surface area (Å²) in [7, 11) is 1.60. The normalized spacial score (nSPS) is 18.8. The number of Topliss-reactive ketones (excluding diaryl/α,β-unsaturated/α-hetero) is 2. The maximum absolute atomic E-state index is 12.6. The Kier molecular flexibility index (Phi) is 3.02. The third-order valence-electron chi connectivity index (χ3n) is 5.31. The Bertz CT molecular complexity index is 1000. The number of pyridine rings is 1. The highest BCUT2D eigenvalue weighted by Gasteiger charge is 2.34. The van der Waals surface area contributed by atoms with Crippen molar-refractivity contribution in [3.63, 3.8) is 0 Å². The summed E-state index contributed by atoms with van der Waals surface area (Å²) in [6, 6.07) is 3.74. The lowest BCUT2D eigenvalue weighted by Crippen LogP contribution is -2.21. The van der Waals surface area contributed by atoms with Crippen molar-refractivity contribution in [3.05, 3.63) is 34.7 Å². The van der Waals surface area contributed by atoms with Gasteiger partial charge < -0.3 is 9.47 Å². The van der Waals surface area contributed by atoms with Crippen LogP contribution in [0.3, 0.4) is 0 Å². The summed E-state index contributed by atoms with van der Waals surface area (Å²) in [5.74, 6) is 2.06. The van der Waals surface area contributed by atoms with Crippen molar-refractivity contribution in [2.75, 3.05) is 7.11 Å². The first-order valence-corrected chi connectivity index (χ1v) is 8.69. The molecular weight excluding hydrogens is 318 g/mol. The monoisotopic (exact) mass is 335 g/mol. The molecule has 1 aromatic heterocycles. The van der Waals surface area contributed by atoms with Crippen LogP contribution in [0.25, 0.3) is 16.3 Å². The standard InChI is InChI=1S/C20H17NO4/c1-24-10-8-11-17-12(9-10)19-15(23)6-3-7-16(19)25-20(17)21-13-4-2-5-14(22)18(11)13/h8-9H,2-7H2,1H3. The number of ketones is 2. The number of hydrogen-bond donors (Lipinski definition) is 0. The number of carbonyl (C=O) groups excluding carboxylic acids is 2. The zero-order valence-electron chi connectivity index (χ0n) is 14.0. The van der Waals surface area contributed by atoms with E-state index in [-0.39, 0.29) is 11.6 Å².